The summed E-state index contributed by atoms with van der Waals surface area (Å²) in [4.78, 5) is 14.1. The lowest BCUT2D eigenvalue weighted by atomic mass is 10.0. The minimum Gasteiger partial charge on any atom is -0.496 e. The summed E-state index contributed by atoms with van der Waals surface area (Å²) in [7, 11) is 5.62. The Morgan fingerprint density at radius 3 is 2.77 bits per heavy atom. The van der Waals surface area contributed by atoms with Crippen LogP contribution in [0.25, 0.3) is 0 Å². The van der Waals surface area contributed by atoms with Gasteiger partial charge in [0.2, 0.25) is 5.91 Å². The predicted molar refractivity (Wildman–Crippen MR) is 84.7 cm³/mol. The van der Waals surface area contributed by atoms with Crippen LogP contribution in [0.1, 0.15) is 11.6 Å². The molecule has 22 heavy (non-hydrogen) atoms. The van der Waals surface area contributed by atoms with E-state index in [0.29, 0.717) is 6.54 Å². The predicted octanol–water partition coefficient (Wildman–Crippen LogP) is 1.31. The molecule has 6 nitrogen and oxygen atoms in total. The second kappa shape index (κ2) is 7.61. The van der Waals surface area contributed by atoms with Crippen LogP contribution in [0, 0.1) is 0 Å². The molecule has 1 amide bonds. The quantitative estimate of drug-likeness (QED) is 0.838. The van der Waals surface area contributed by atoms with Crippen molar-refractivity contribution in [2.75, 3.05) is 27.7 Å². The van der Waals surface area contributed by atoms with Gasteiger partial charge >= 0.3 is 0 Å². The number of para-hydroxylation sites is 1. The number of nitrogens with zero attached hydrogens (tertiary/aromatic N) is 3. The maximum absolute atomic E-state index is 12.0. The van der Waals surface area contributed by atoms with Gasteiger partial charge in [0, 0.05) is 24.5 Å². The molecule has 1 N–H and O–H groups in total. The summed E-state index contributed by atoms with van der Waals surface area (Å²) in [5.74, 6) is 0.757. The smallest absolute Gasteiger partial charge is 0.241 e. The van der Waals surface area contributed by atoms with Crippen molar-refractivity contribution in [3.05, 3.63) is 48.3 Å². The Morgan fingerprint density at radius 1 is 1.36 bits per heavy atom. The molecule has 0 radical (unpaired) electrons. The molecular formula is C16H22N4O2. The summed E-state index contributed by atoms with van der Waals surface area (Å²) in [5, 5.41) is 6.98. The fraction of sp³-hybridized carbons (Fsp3) is 0.375. The molecule has 0 aliphatic heterocycles. The third-order valence-electron chi connectivity index (χ3n) is 3.48. The molecule has 0 fully saturated rings. The summed E-state index contributed by atoms with van der Waals surface area (Å²) in [6.45, 7) is 0.729. The first kappa shape index (κ1) is 16.0. The van der Waals surface area contributed by atoms with E-state index >= 15 is 0 Å². The number of nitrogens with one attached hydrogen (secondary N) is 1. The van der Waals surface area contributed by atoms with Crippen molar-refractivity contribution >= 4 is 5.91 Å². The molecule has 0 spiro atoms. The number of methoxy groups -OCH3 is 1. The Bertz CT molecular complexity index is 596. The molecule has 1 heterocycles. The Morgan fingerprint density at radius 2 is 2.14 bits per heavy atom. The molecular weight excluding hydrogens is 280 g/mol. The monoisotopic (exact) mass is 302 g/mol. The normalized spacial score (nSPS) is 12.2. The van der Waals surface area contributed by atoms with Crippen LogP contribution in [-0.2, 0) is 11.3 Å². The Hall–Kier alpha value is -2.34. The Labute approximate surface area is 130 Å². The van der Waals surface area contributed by atoms with Gasteiger partial charge in [0.15, 0.2) is 0 Å². The van der Waals surface area contributed by atoms with Gasteiger partial charge in [0.25, 0.3) is 0 Å². The minimum atomic E-state index is -0.0644. The van der Waals surface area contributed by atoms with Crippen molar-refractivity contribution < 1.29 is 9.53 Å². The number of carbonyl (C=O) groups excluding carboxylic acids is 1. The van der Waals surface area contributed by atoms with Gasteiger partial charge < -0.3 is 15.0 Å². The zero-order chi connectivity index (χ0) is 15.9. The van der Waals surface area contributed by atoms with Crippen molar-refractivity contribution in [3.8, 4) is 5.75 Å². The highest BCUT2D eigenvalue weighted by Crippen LogP contribution is 2.27. The van der Waals surface area contributed by atoms with E-state index in [0.717, 1.165) is 11.3 Å². The van der Waals surface area contributed by atoms with Crippen LogP contribution in [0.5, 0.6) is 5.75 Å². The zero-order valence-electron chi connectivity index (χ0n) is 13.2. The fourth-order valence-electron chi connectivity index (χ4n) is 2.32. The van der Waals surface area contributed by atoms with Crippen molar-refractivity contribution in [1.29, 1.82) is 0 Å². The fourth-order valence-corrected chi connectivity index (χ4v) is 2.32. The van der Waals surface area contributed by atoms with E-state index in [1.54, 1.807) is 30.3 Å². The average Bonchev–Trinajstić information content (AvgIpc) is 3.00. The molecule has 0 aliphatic carbocycles. The van der Waals surface area contributed by atoms with E-state index < -0.39 is 0 Å². The summed E-state index contributed by atoms with van der Waals surface area (Å²) >= 11 is 0. The van der Waals surface area contributed by atoms with Gasteiger partial charge in [-0.05, 0) is 26.2 Å². The van der Waals surface area contributed by atoms with Gasteiger partial charge in [-0.15, -0.1) is 0 Å². The van der Waals surface area contributed by atoms with Crippen molar-refractivity contribution in [3.63, 3.8) is 0 Å². The number of aromatic nitrogens is 2. The largest absolute Gasteiger partial charge is 0.496 e. The first-order chi connectivity index (χ1) is 10.6. The number of hydrogen-bond donors (Lipinski definition) is 1. The van der Waals surface area contributed by atoms with Crippen LogP contribution in [0.15, 0.2) is 42.7 Å². The molecule has 1 unspecified atom stereocenters. The van der Waals surface area contributed by atoms with E-state index in [1.165, 1.54) is 0 Å². The number of likely N-dealkylation sites (N-methyl/N-ethyl adjacent to an activating group) is 1. The van der Waals surface area contributed by atoms with Crippen LogP contribution < -0.4 is 10.1 Å². The lowest BCUT2D eigenvalue weighted by Gasteiger charge is -2.26. The zero-order valence-corrected chi connectivity index (χ0v) is 13.2. The molecule has 118 valence electrons. The molecule has 2 rings (SSSR count). The first-order valence-electron chi connectivity index (χ1n) is 7.15. The third kappa shape index (κ3) is 4.08. The molecule has 0 aliphatic rings. The summed E-state index contributed by atoms with van der Waals surface area (Å²) in [5.41, 5.74) is 1.05. The number of amides is 1. The molecule has 1 atom stereocenters. The van der Waals surface area contributed by atoms with Crippen LogP contribution in [0.2, 0.25) is 0 Å². The van der Waals surface area contributed by atoms with Gasteiger partial charge in [-0.2, -0.15) is 5.10 Å². The van der Waals surface area contributed by atoms with E-state index in [1.807, 2.05) is 38.4 Å². The van der Waals surface area contributed by atoms with Crippen molar-refractivity contribution in [2.45, 2.75) is 12.6 Å². The molecule has 0 bridgehead atoms. The van der Waals surface area contributed by atoms with E-state index in [4.69, 9.17) is 4.74 Å². The lowest BCUT2D eigenvalue weighted by Crippen LogP contribution is -2.36. The molecule has 2 aromatic rings. The van der Waals surface area contributed by atoms with E-state index in [-0.39, 0.29) is 18.5 Å². The van der Waals surface area contributed by atoms with Crippen LogP contribution in [0.3, 0.4) is 0 Å². The molecule has 0 saturated carbocycles. The summed E-state index contributed by atoms with van der Waals surface area (Å²) < 4.78 is 7.02. The summed E-state index contributed by atoms with van der Waals surface area (Å²) in [6.07, 6.45) is 3.42. The SMILES string of the molecule is COc1ccccc1C(CNC(=O)Cn1cccn1)N(C)C. The number of carbonyl (C=O) groups is 1. The highest BCUT2D eigenvalue weighted by molar-refractivity contribution is 5.75. The number of benzene rings is 1. The van der Waals surface area contributed by atoms with Gasteiger partial charge in [-0.25, -0.2) is 0 Å². The number of ether oxygens (including phenoxy) is 1. The molecule has 1 aromatic carbocycles. The first-order valence-corrected chi connectivity index (χ1v) is 7.15. The van der Waals surface area contributed by atoms with Crippen LogP contribution in [0.4, 0.5) is 0 Å². The standard InChI is InChI=1S/C16H22N4O2/c1-19(2)14(13-7-4-5-8-15(13)22-3)11-17-16(21)12-20-10-6-9-18-20/h4-10,14H,11-12H2,1-3H3,(H,17,21). The van der Waals surface area contributed by atoms with Gasteiger partial charge in [-0.1, -0.05) is 18.2 Å². The third-order valence-corrected chi connectivity index (χ3v) is 3.48. The highest BCUT2D eigenvalue weighted by atomic mass is 16.5. The second-order valence-corrected chi connectivity index (χ2v) is 5.23. The minimum absolute atomic E-state index is 0.0396. The van der Waals surface area contributed by atoms with Crippen molar-refractivity contribution in [1.82, 2.24) is 20.0 Å². The Balaban J connectivity index is 2.01. The molecule has 6 heteroatoms. The lowest BCUT2D eigenvalue weighted by molar-refractivity contribution is -0.122. The maximum Gasteiger partial charge on any atom is 0.241 e. The number of hydrogen-bond acceptors (Lipinski definition) is 4. The van der Waals surface area contributed by atoms with Gasteiger partial charge in [-0.3, -0.25) is 9.48 Å². The maximum atomic E-state index is 12.0. The van der Waals surface area contributed by atoms with Crippen LogP contribution in [-0.4, -0.2) is 48.3 Å². The topological polar surface area (TPSA) is 59.4 Å². The Kier molecular flexibility index (Phi) is 5.55. The van der Waals surface area contributed by atoms with Gasteiger partial charge in [0.1, 0.15) is 12.3 Å². The average molecular weight is 302 g/mol. The molecule has 1 aromatic heterocycles. The van der Waals surface area contributed by atoms with Crippen molar-refractivity contribution in [2.24, 2.45) is 0 Å². The second-order valence-electron chi connectivity index (χ2n) is 5.23. The van der Waals surface area contributed by atoms with E-state index in [9.17, 15) is 4.79 Å². The molecule has 0 saturated heterocycles. The highest BCUT2D eigenvalue weighted by Gasteiger charge is 2.19. The van der Waals surface area contributed by atoms with Gasteiger partial charge in [0.05, 0.1) is 13.2 Å². The van der Waals surface area contributed by atoms with E-state index in [2.05, 4.69) is 15.3 Å². The van der Waals surface area contributed by atoms with Crippen LogP contribution >= 0.6 is 0 Å². The number of rotatable bonds is 7. The summed E-state index contributed by atoms with van der Waals surface area (Å²) in [6, 6.07) is 9.69.